The van der Waals surface area contributed by atoms with Crippen molar-refractivity contribution in [3.63, 3.8) is 0 Å². The van der Waals surface area contributed by atoms with Gasteiger partial charge in [0.25, 0.3) is 0 Å². The molecule has 1 N–H and O–H groups in total. The Morgan fingerprint density at radius 3 is 2.90 bits per heavy atom. The molecule has 6 heteroatoms. The van der Waals surface area contributed by atoms with Gasteiger partial charge in [-0.2, -0.15) is 5.26 Å². The van der Waals surface area contributed by atoms with Crippen molar-refractivity contribution in [3.8, 4) is 6.07 Å². The molecule has 104 valence electrons. The Labute approximate surface area is 121 Å². The number of aromatic nitrogens is 1. The van der Waals surface area contributed by atoms with E-state index in [1.54, 1.807) is 23.1 Å². The van der Waals surface area contributed by atoms with E-state index in [4.69, 9.17) is 10.00 Å². The number of nitriles is 1. The molecular formula is C15H12N4O2. The topological polar surface area (TPSA) is 78.3 Å². The van der Waals surface area contributed by atoms with Gasteiger partial charge in [0.1, 0.15) is 24.2 Å². The number of carbonyl (C=O) groups excluding carboxylic acids is 1. The van der Waals surface area contributed by atoms with Crippen molar-refractivity contribution >= 4 is 23.3 Å². The van der Waals surface area contributed by atoms with Crippen molar-refractivity contribution in [2.24, 2.45) is 0 Å². The summed E-state index contributed by atoms with van der Waals surface area (Å²) in [6, 6.07) is 14.6. The number of carbonyl (C=O) groups is 1. The van der Waals surface area contributed by atoms with Crippen LogP contribution in [0.1, 0.15) is 5.69 Å². The first-order valence-corrected chi connectivity index (χ1v) is 6.45. The number of hydrogen-bond acceptors (Lipinski definition) is 5. The van der Waals surface area contributed by atoms with Gasteiger partial charge < -0.3 is 10.1 Å². The lowest BCUT2D eigenvalue weighted by atomic mass is 10.2. The predicted octanol–water partition coefficient (Wildman–Crippen LogP) is 2.65. The normalized spacial score (nSPS) is 13.7. The summed E-state index contributed by atoms with van der Waals surface area (Å²) in [5, 5.41) is 12.0. The van der Waals surface area contributed by atoms with Crippen LogP contribution in [0.25, 0.3) is 0 Å². The van der Waals surface area contributed by atoms with Gasteiger partial charge >= 0.3 is 6.09 Å². The summed E-state index contributed by atoms with van der Waals surface area (Å²) in [5.41, 5.74) is 1.90. The van der Waals surface area contributed by atoms with E-state index in [0.29, 0.717) is 24.7 Å². The SMILES string of the molecule is N#Cc1cccc(Nc2cccc(N3CCOC3=O)c2)n1. The summed E-state index contributed by atoms with van der Waals surface area (Å²) < 4.78 is 4.93. The summed E-state index contributed by atoms with van der Waals surface area (Å²) in [4.78, 5) is 17.3. The van der Waals surface area contributed by atoms with Gasteiger partial charge in [-0.3, -0.25) is 4.90 Å². The van der Waals surface area contributed by atoms with Gasteiger partial charge in [-0.25, -0.2) is 9.78 Å². The first-order chi connectivity index (χ1) is 10.3. The molecule has 1 aliphatic heterocycles. The van der Waals surface area contributed by atoms with Crippen molar-refractivity contribution in [2.75, 3.05) is 23.4 Å². The van der Waals surface area contributed by atoms with E-state index >= 15 is 0 Å². The molecule has 21 heavy (non-hydrogen) atoms. The van der Waals surface area contributed by atoms with Crippen LogP contribution in [0.5, 0.6) is 0 Å². The maximum atomic E-state index is 11.6. The molecule has 0 atom stereocenters. The largest absolute Gasteiger partial charge is 0.447 e. The van der Waals surface area contributed by atoms with E-state index < -0.39 is 0 Å². The third-order valence-corrected chi connectivity index (χ3v) is 3.05. The van der Waals surface area contributed by atoms with E-state index in [1.807, 2.05) is 30.3 Å². The second kappa shape index (κ2) is 5.51. The summed E-state index contributed by atoms with van der Waals surface area (Å²) in [6.45, 7) is 0.951. The molecule has 2 aromatic rings. The van der Waals surface area contributed by atoms with Crippen LogP contribution in [-0.2, 0) is 4.74 Å². The van der Waals surface area contributed by atoms with Crippen LogP contribution in [0.3, 0.4) is 0 Å². The molecule has 1 aromatic heterocycles. The smallest absolute Gasteiger partial charge is 0.414 e. The molecule has 0 saturated carbocycles. The minimum atomic E-state index is -0.336. The molecule has 1 aliphatic rings. The van der Waals surface area contributed by atoms with Gasteiger partial charge in [-0.1, -0.05) is 12.1 Å². The van der Waals surface area contributed by atoms with E-state index in [-0.39, 0.29) is 6.09 Å². The minimum Gasteiger partial charge on any atom is -0.447 e. The molecule has 1 fully saturated rings. The van der Waals surface area contributed by atoms with Gasteiger partial charge in [0, 0.05) is 11.4 Å². The molecule has 2 heterocycles. The fourth-order valence-electron chi connectivity index (χ4n) is 2.09. The molecule has 0 unspecified atom stereocenters. The zero-order valence-corrected chi connectivity index (χ0v) is 11.1. The van der Waals surface area contributed by atoms with Crippen molar-refractivity contribution in [2.45, 2.75) is 0 Å². The van der Waals surface area contributed by atoms with E-state index in [9.17, 15) is 4.79 Å². The molecular weight excluding hydrogens is 268 g/mol. The van der Waals surface area contributed by atoms with Crippen LogP contribution >= 0.6 is 0 Å². The summed E-state index contributed by atoms with van der Waals surface area (Å²) in [7, 11) is 0. The van der Waals surface area contributed by atoms with Gasteiger partial charge in [-0.05, 0) is 30.3 Å². The van der Waals surface area contributed by atoms with Gasteiger partial charge in [0.05, 0.1) is 6.54 Å². The second-order valence-corrected chi connectivity index (χ2v) is 4.46. The monoisotopic (exact) mass is 280 g/mol. The average molecular weight is 280 g/mol. The highest BCUT2D eigenvalue weighted by molar-refractivity contribution is 5.90. The second-order valence-electron chi connectivity index (χ2n) is 4.46. The van der Waals surface area contributed by atoms with Gasteiger partial charge in [0.15, 0.2) is 0 Å². The third kappa shape index (κ3) is 2.77. The van der Waals surface area contributed by atoms with Crippen molar-refractivity contribution in [3.05, 3.63) is 48.2 Å². The highest BCUT2D eigenvalue weighted by Crippen LogP contribution is 2.24. The fourth-order valence-corrected chi connectivity index (χ4v) is 2.09. The standard InChI is InChI=1S/C15H12N4O2/c16-10-12-4-2-6-14(18-12)17-11-3-1-5-13(9-11)19-7-8-21-15(19)20/h1-6,9H,7-8H2,(H,17,18). The average Bonchev–Trinajstić information content (AvgIpc) is 2.94. The molecule has 3 rings (SSSR count). The van der Waals surface area contributed by atoms with E-state index in [0.717, 1.165) is 11.4 Å². The summed E-state index contributed by atoms with van der Waals surface area (Å²) in [6.07, 6.45) is -0.336. The highest BCUT2D eigenvalue weighted by atomic mass is 16.6. The first-order valence-electron chi connectivity index (χ1n) is 6.45. The van der Waals surface area contributed by atoms with Crippen LogP contribution in [0.2, 0.25) is 0 Å². The van der Waals surface area contributed by atoms with Crippen LogP contribution < -0.4 is 10.2 Å². The van der Waals surface area contributed by atoms with E-state index in [2.05, 4.69) is 10.3 Å². The fraction of sp³-hybridized carbons (Fsp3) is 0.133. The molecule has 0 spiro atoms. The number of nitrogens with one attached hydrogen (secondary N) is 1. The maximum absolute atomic E-state index is 11.6. The Morgan fingerprint density at radius 2 is 2.14 bits per heavy atom. The number of pyridine rings is 1. The lowest BCUT2D eigenvalue weighted by molar-refractivity contribution is 0.181. The summed E-state index contributed by atoms with van der Waals surface area (Å²) >= 11 is 0. The molecule has 1 aromatic carbocycles. The van der Waals surface area contributed by atoms with Gasteiger partial charge in [0.2, 0.25) is 0 Å². The number of amides is 1. The van der Waals surface area contributed by atoms with Crippen molar-refractivity contribution in [1.29, 1.82) is 5.26 Å². The maximum Gasteiger partial charge on any atom is 0.414 e. The molecule has 6 nitrogen and oxygen atoms in total. The molecule has 0 bridgehead atoms. The predicted molar refractivity (Wildman–Crippen MR) is 77.4 cm³/mol. The van der Waals surface area contributed by atoms with Crippen LogP contribution in [-0.4, -0.2) is 24.2 Å². The highest BCUT2D eigenvalue weighted by Gasteiger charge is 2.23. The zero-order chi connectivity index (χ0) is 14.7. The zero-order valence-electron chi connectivity index (χ0n) is 11.1. The van der Waals surface area contributed by atoms with E-state index in [1.165, 1.54) is 0 Å². The van der Waals surface area contributed by atoms with Crippen LogP contribution in [0, 0.1) is 11.3 Å². The lowest BCUT2D eigenvalue weighted by Gasteiger charge is -2.14. The number of ether oxygens (including phenoxy) is 1. The lowest BCUT2D eigenvalue weighted by Crippen LogP contribution is -2.23. The number of cyclic esters (lactones) is 1. The van der Waals surface area contributed by atoms with Gasteiger partial charge in [-0.15, -0.1) is 0 Å². The molecule has 0 aliphatic carbocycles. The Balaban J connectivity index is 1.83. The minimum absolute atomic E-state index is 0.336. The number of hydrogen-bond donors (Lipinski definition) is 1. The number of nitrogens with zero attached hydrogens (tertiary/aromatic N) is 3. The Morgan fingerprint density at radius 1 is 1.29 bits per heavy atom. The Kier molecular flexibility index (Phi) is 3.39. The first kappa shape index (κ1) is 12.9. The quantitative estimate of drug-likeness (QED) is 0.935. The summed E-state index contributed by atoms with van der Waals surface area (Å²) in [5.74, 6) is 0.579. The number of anilines is 3. The van der Waals surface area contributed by atoms with Crippen molar-refractivity contribution in [1.82, 2.24) is 4.98 Å². The van der Waals surface area contributed by atoms with Crippen LogP contribution in [0.4, 0.5) is 22.0 Å². The molecule has 1 saturated heterocycles. The van der Waals surface area contributed by atoms with Crippen LogP contribution in [0.15, 0.2) is 42.5 Å². The number of rotatable bonds is 3. The van der Waals surface area contributed by atoms with Crippen molar-refractivity contribution < 1.29 is 9.53 Å². The Bertz CT molecular complexity index is 724. The number of benzene rings is 1. The molecule has 1 amide bonds. The molecule has 0 radical (unpaired) electrons. The Hall–Kier alpha value is -3.07. The third-order valence-electron chi connectivity index (χ3n) is 3.05.